The van der Waals surface area contributed by atoms with Gasteiger partial charge in [0.25, 0.3) is 5.91 Å². The molecule has 0 spiro atoms. The average Bonchev–Trinajstić information content (AvgIpc) is 2.59. The highest BCUT2D eigenvalue weighted by atomic mass is 32.1. The maximum atomic E-state index is 12.1. The number of carbonyl (C=O) groups is 1. The van der Waals surface area contributed by atoms with E-state index in [0.29, 0.717) is 0 Å². The first-order chi connectivity index (χ1) is 7.48. The van der Waals surface area contributed by atoms with Crippen molar-refractivity contribution in [3.8, 4) is 0 Å². The fourth-order valence-corrected chi connectivity index (χ4v) is 2.22. The van der Waals surface area contributed by atoms with Crippen LogP contribution in [0, 0.1) is 5.41 Å². The van der Waals surface area contributed by atoms with Gasteiger partial charge in [-0.1, -0.05) is 13.8 Å². The number of carbonyl (C=O) groups excluding carboxylic acids is 1. The quantitative estimate of drug-likeness (QED) is 0.742. The lowest BCUT2D eigenvalue weighted by molar-refractivity contribution is 0.0778. The molecule has 0 bridgehead atoms. The molecule has 1 fully saturated rings. The van der Waals surface area contributed by atoms with E-state index in [2.05, 4.69) is 26.5 Å². The molecule has 0 aromatic heterocycles. The average molecular weight is 235 g/mol. The smallest absolute Gasteiger partial charge is 0.253 e. The minimum Gasteiger partial charge on any atom is -0.338 e. The van der Waals surface area contributed by atoms with Crippen molar-refractivity contribution in [2.24, 2.45) is 5.41 Å². The van der Waals surface area contributed by atoms with E-state index in [4.69, 9.17) is 0 Å². The lowest BCUT2D eigenvalue weighted by Crippen LogP contribution is -2.30. The third-order valence-corrected chi connectivity index (χ3v) is 3.38. The molecular formula is C13H17NOS. The zero-order chi connectivity index (χ0) is 11.8. The summed E-state index contributed by atoms with van der Waals surface area (Å²) in [4.78, 5) is 15.0. The van der Waals surface area contributed by atoms with E-state index in [-0.39, 0.29) is 11.3 Å². The van der Waals surface area contributed by atoms with Gasteiger partial charge in [0.05, 0.1) is 0 Å². The Hall–Kier alpha value is -0.960. The van der Waals surface area contributed by atoms with Crippen LogP contribution in [0.25, 0.3) is 0 Å². The first kappa shape index (κ1) is 11.5. The van der Waals surface area contributed by atoms with Gasteiger partial charge in [0, 0.05) is 23.5 Å². The standard InChI is InChI=1S/C13H17NOS/c1-13(2)7-8-14(9-13)12(15)10-3-5-11(16)6-4-10/h3-6,16H,7-9H2,1-2H3. The molecule has 1 aromatic carbocycles. The van der Waals surface area contributed by atoms with Crippen molar-refractivity contribution in [2.75, 3.05) is 13.1 Å². The molecule has 2 rings (SSSR count). The third-order valence-electron chi connectivity index (χ3n) is 3.08. The van der Waals surface area contributed by atoms with E-state index >= 15 is 0 Å². The van der Waals surface area contributed by atoms with Gasteiger partial charge in [-0.15, -0.1) is 12.6 Å². The summed E-state index contributed by atoms with van der Waals surface area (Å²) in [6.07, 6.45) is 1.09. The Balaban J connectivity index is 2.12. The minimum atomic E-state index is 0.138. The van der Waals surface area contributed by atoms with E-state index in [1.807, 2.05) is 29.2 Å². The van der Waals surface area contributed by atoms with E-state index in [0.717, 1.165) is 30.0 Å². The highest BCUT2D eigenvalue weighted by molar-refractivity contribution is 7.80. The molecule has 1 aliphatic rings. The molecule has 0 radical (unpaired) electrons. The molecule has 3 heteroatoms. The van der Waals surface area contributed by atoms with Gasteiger partial charge in [0.2, 0.25) is 0 Å². The lowest BCUT2D eigenvalue weighted by Gasteiger charge is -2.19. The van der Waals surface area contributed by atoms with Crippen molar-refractivity contribution in [2.45, 2.75) is 25.2 Å². The molecule has 16 heavy (non-hydrogen) atoms. The molecule has 2 nitrogen and oxygen atoms in total. The summed E-state index contributed by atoms with van der Waals surface area (Å²) in [6, 6.07) is 7.40. The fourth-order valence-electron chi connectivity index (χ4n) is 2.07. The number of rotatable bonds is 1. The number of hydrogen-bond acceptors (Lipinski definition) is 2. The van der Waals surface area contributed by atoms with Crippen LogP contribution < -0.4 is 0 Å². The van der Waals surface area contributed by atoms with Crippen molar-refractivity contribution in [3.63, 3.8) is 0 Å². The number of hydrogen-bond donors (Lipinski definition) is 1. The van der Waals surface area contributed by atoms with Crippen LogP contribution in [-0.4, -0.2) is 23.9 Å². The van der Waals surface area contributed by atoms with Crippen LogP contribution in [0.4, 0.5) is 0 Å². The summed E-state index contributed by atoms with van der Waals surface area (Å²) in [5, 5.41) is 0. The Labute approximate surface area is 102 Å². The Bertz CT molecular complexity index is 397. The van der Waals surface area contributed by atoms with Crippen molar-refractivity contribution >= 4 is 18.5 Å². The molecule has 0 saturated carbocycles. The highest BCUT2D eigenvalue weighted by Gasteiger charge is 2.32. The molecule has 0 aliphatic carbocycles. The molecule has 0 unspecified atom stereocenters. The van der Waals surface area contributed by atoms with Crippen molar-refractivity contribution in [1.82, 2.24) is 4.90 Å². The van der Waals surface area contributed by atoms with Gasteiger partial charge in [0.15, 0.2) is 0 Å². The van der Waals surface area contributed by atoms with Gasteiger partial charge in [-0.05, 0) is 36.1 Å². The molecule has 1 aromatic rings. The second-order valence-corrected chi connectivity index (χ2v) is 5.70. The topological polar surface area (TPSA) is 20.3 Å². The summed E-state index contributed by atoms with van der Waals surface area (Å²) in [7, 11) is 0. The third kappa shape index (κ3) is 2.40. The SMILES string of the molecule is CC1(C)CCN(C(=O)c2ccc(S)cc2)C1. The van der Waals surface area contributed by atoms with Gasteiger partial charge in [0.1, 0.15) is 0 Å². The predicted octanol–water partition coefficient (Wildman–Crippen LogP) is 2.85. The monoisotopic (exact) mass is 235 g/mol. The highest BCUT2D eigenvalue weighted by Crippen LogP contribution is 2.29. The Kier molecular flexibility index (Phi) is 2.98. The zero-order valence-electron chi connectivity index (χ0n) is 9.73. The van der Waals surface area contributed by atoms with Crippen LogP contribution in [0.5, 0.6) is 0 Å². The van der Waals surface area contributed by atoms with E-state index in [1.54, 1.807) is 0 Å². The van der Waals surface area contributed by atoms with Crippen molar-refractivity contribution < 1.29 is 4.79 Å². The predicted molar refractivity (Wildman–Crippen MR) is 68.0 cm³/mol. The summed E-state index contributed by atoms with van der Waals surface area (Å²) in [6.45, 7) is 6.14. The molecule has 86 valence electrons. The molecule has 1 aliphatic heterocycles. The first-order valence-corrected chi connectivity index (χ1v) is 6.01. The van der Waals surface area contributed by atoms with Gasteiger partial charge >= 0.3 is 0 Å². The Morgan fingerprint density at radius 2 is 1.94 bits per heavy atom. The van der Waals surface area contributed by atoms with Gasteiger partial charge in [-0.3, -0.25) is 4.79 Å². The van der Waals surface area contributed by atoms with E-state index in [9.17, 15) is 4.79 Å². The molecule has 0 N–H and O–H groups in total. The van der Waals surface area contributed by atoms with E-state index < -0.39 is 0 Å². The number of amides is 1. The molecule has 1 heterocycles. The van der Waals surface area contributed by atoms with E-state index in [1.165, 1.54) is 0 Å². The van der Waals surface area contributed by atoms with Crippen LogP contribution >= 0.6 is 12.6 Å². The van der Waals surface area contributed by atoms with Crippen LogP contribution in [0.2, 0.25) is 0 Å². The zero-order valence-corrected chi connectivity index (χ0v) is 10.6. The lowest BCUT2D eigenvalue weighted by atomic mass is 9.93. The van der Waals surface area contributed by atoms with Crippen LogP contribution in [0.3, 0.4) is 0 Å². The van der Waals surface area contributed by atoms with Gasteiger partial charge < -0.3 is 4.90 Å². The summed E-state index contributed by atoms with van der Waals surface area (Å²) >= 11 is 4.21. The number of nitrogens with zero attached hydrogens (tertiary/aromatic N) is 1. The summed E-state index contributed by atoms with van der Waals surface area (Å²) in [5.41, 5.74) is 1.02. The number of likely N-dealkylation sites (tertiary alicyclic amines) is 1. The second-order valence-electron chi connectivity index (χ2n) is 5.19. The molecule has 1 saturated heterocycles. The normalized spacial score (nSPS) is 18.8. The molecular weight excluding hydrogens is 218 g/mol. The van der Waals surface area contributed by atoms with Crippen molar-refractivity contribution in [3.05, 3.63) is 29.8 Å². The molecule has 1 amide bonds. The van der Waals surface area contributed by atoms with Gasteiger partial charge in [-0.2, -0.15) is 0 Å². The summed E-state index contributed by atoms with van der Waals surface area (Å²) in [5.74, 6) is 0.138. The second kappa shape index (κ2) is 4.13. The Morgan fingerprint density at radius 1 is 1.31 bits per heavy atom. The fraction of sp³-hybridized carbons (Fsp3) is 0.462. The number of thiol groups is 1. The summed E-state index contributed by atoms with van der Waals surface area (Å²) < 4.78 is 0. The van der Waals surface area contributed by atoms with Crippen LogP contribution in [0.15, 0.2) is 29.2 Å². The minimum absolute atomic E-state index is 0.138. The Morgan fingerprint density at radius 3 is 2.44 bits per heavy atom. The number of benzene rings is 1. The maximum absolute atomic E-state index is 12.1. The van der Waals surface area contributed by atoms with Gasteiger partial charge in [-0.25, -0.2) is 0 Å². The first-order valence-electron chi connectivity index (χ1n) is 5.56. The van der Waals surface area contributed by atoms with Crippen LogP contribution in [0.1, 0.15) is 30.6 Å². The van der Waals surface area contributed by atoms with Crippen molar-refractivity contribution in [1.29, 1.82) is 0 Å². The maximum Gasteiger partial charge on any atom is 0.253 e. The largest absolute Gasteiger partial charge is 0.338 e. The molecule has 0 atom stereocenters. The van der Waals surface area contributed by atoms with Crippen LogP contribution in [-0.2, 0) is 0 Å².